The van der Waals surface area contributed by atoms with Crippen LogP contribution in [0.2, 0.25) is 0 Å². The molecule has 0 saturated heterocycles. The van der Waals surface area contributed by atoms with E-state index in [1.165, 1.54) is 13.0 Å². The first kappa shape index (κ1) is 11.0. The number of esters is 1. The van der Waals surface area contributed by atoms with Gasteiger partial charge in [0, 0.05) is 13.0 Å². The number of carboxylic acid groups (broad SMARTS) is 1. The number of carboxylic acids is 1. The van der Waals surface area contributed by atoms with E-state index in [1.807, 2.05) is 0 Å². The Morgan fingerprint density at radius 2 is 2.13 bits per heavy atom. The molecule has 78 valence electrons. The number of benzene rings is 1. The standard InChI is InChI=1S/C11H10O4/c1-8(12)15-10-4-2-3-9(7-10)5-6-11(13)14/h2-7H,1H3,(H,13,14)/b6-5-. The van der Waals surface area contributed by atoms with Crippen LogP contribution in [0.5, 0.6) is 5.75 Å². The molecule has 0 saturated carbocycles. The van der Waals surface area contributed by atoms with Gasteiger partial charge in [-0.2, -0.15) is 0 Å². The number of hydrogen-bond donors (Lipinski definition) is 1. The molecule has 15 heavy (non-hydrogen) atoms. The van der Waals surface area contributed by atoms with Crippen molar-refractivity contribution in [2.24, 2.45) is 0 Å². The zero-order valence-electron chi connectivity index (χ0n) is 8.14. The quantitative estimate of drug-likeness (QED) is 0.464. The number of rotatable bonds is 3. The molecule has 0 aliphatic carbocycles. The molecule has 0 unspecified atom stereocenters. The summed E-state index contributed by atoms with van der Waals surface area (Å²) >= 11 is 0. The van der Waals surface area contributed by atoms with Gasteiger partial charge >= 0.3 is 11.9 Å². The van der Waals surface area contributed by atoms with E-state index in [9.17, 15) is 9.59 Å². The Hall–Kier alpha value is -2.10. The van der Waals surface area contributed by atoms with Gasteiger partial charge in [0.25, 0.3) is 0 Å². The van der Waals surface area contributed by atoms with Crippen molar-refractivity contribution in [3.63, 3.8) is 0 Å². The highest BCUT2D eigenvalue weighted by molar-refractivity contribution is 5.85. The van der Waals surface area contributed by atoms with Crippen LogP contribution < -0.4 is 4.74 Å². The fourth-order valence-electron chi connectivity index (χ4n) is 1.02. The van der Waals surface area contributed by atoms with Gasteiger partial charge in [0.05, 0.1) is 0 Å². The summed E-state index contributed by atoms with van der Waals surface area (Å²) in [4.78, 5) is 20.9. The van der Waals surface area contributed by atoms with E-state index in [0.717, 1.165) is 6.08 Å². The zero-order chi connectivity index (χ0) is 11.3. The normalized spacial score (nSPS) is 10.2. The first-order chi connectivity index (χ1) is 7.08. The van der Waals surface area contributed by atoms with Gasteiger partial charge in [0.15, 0.2) is 0 Å². The Morgan fingerprint density at radius 3 is 2.73 bits per heavy atom. The maximum absolute atomic E-state index is 10.7. The Balaban J connectivity index is 2.82. The van der Waals surface area contributed by atoms with Crippen molar-refractivity contribution >= 4 is 18.0 Å². The molecule has 0 bridgehead atoms. The highest BCUT2D eigenvalue weighted by atomic mass is 16.5. The number of aliphatic carboxylic acids is 1. The van der Waals surface area contributed by atoms with Crippen molar-refractivity contribution in [3.05, 3.63) is 35.9 Å². The molecule has 1 aromatic carbocycles. The maximum Gasteiger partial charge on any atom is 0.328 e. The second-order valence-corrected chi connectivity index (χ2v) is 2.84. The van der Waals surface area contributed by atoms with Crippen LogP contribution in [0.3, 0.4) is 0 Å². The molecule has 1 N–H and O–H groups in total. The topological polar surface area (TPSA) is 63.6 Å². The third-order valence-electron chi connectivity index (χ3n) is 1.54. The fourth-order valence-corrected chi connectivity index (χ4v) is 1.02. The fraction of sp³-hybridized carbons (Fsp3) is 0.0909. The lowest BCUT2D eigenvalue weighted by Gasteiger charge is -2.01. The van der Waals surface area contributed by atoms with E-state index in [0.29, 0.717) is 11.3 Å². The summed E-state index contributed by atoms with van der Waals surface area (Å²) in [6, 6.07) is 6.60. The van der Waals surface area contributed by atoms with Crippen molar-refractivity contribution in [2.75, 3.05) is 0 Å². The summed E-state index contributed by atoms with van der Waals surface area (Å²) in [7, 11) is 0. The third-order valence-corrected chi connectivity index (χ3v) is 1.54. The molecular formula is C11H10O4. The van der Waals surface area contributed by atoms with Crippen molar-refractivity contribution in [1.29, 1.82) is 0 Å². The number of ether oxygens (including phenoxy) is 1. The first-order valence-electron chi connectivity index (χ1n) is 4.27. The molecule has 0 aromatic heterocycles. The Labute approximate surface area is 86.8 Å². The molecule has 0 heterocycles. The van der Waals surface area contributed by atoms with E-state index < -0.39 is 11.9 Å². The molecule has 4 heteroatoms. The van der Waals surface area contributed by atoms with Gasteiger partial charge in [0.2, 0.25) is 0 Å². The number of carbonyl (C=O) groups excluding carboxylic acids is 1. The van der Waals surface area contributed by atoms with Crippen LogP contribution in [0.4, 0.5) is 0 Å². The van der Waals surface area contributed by atoms with Gasteiger partial charge < -0.3 is 9.84 Å². The second-order valence-electron chi connectivity index (χ2n) is 2.84. The van der Waals surface area contributed by atoms with Gasteiger partial charge in [-0.25, -0.2) is 4.79 Å². The Bertz CT molecular complexity index is 407. The lowest BCUT2D eigenvalue weighted by Crippen LogP contribution is -2.01. The predicted molar refractivity (Wildman–Crippen MR) is 54.4 cm³/mol. The highest BCUT2D eigenvalue weighted by Crippen LogP contribution is 2.14. The zero-order valence-corrected chi connectivity index (χ0v) is 8.14. The van der Waals surface area contributed by atoms with Crippen molar-refractivity contribution in [2.45, 2.75) is 6.92 Å². The first-order valence-corrected chi connectivity index (χ1v) is 4.27. The summed E-state index contributed by atoms with van der Waals surface area (Å²) in [5.41, 5.74) is 0.663. The van der Waals surface area contributed by atoms with Gasteiger partial charge in [-0.3, -0.25) is 4.79 Å². The molecule has 0 aliphatic heterocycles. The maximum atomic E-state index is 10.7. The van der Waals surface area contributed by atoms with E-state index in [2.05, 4.69) is 0 Å². The van der Waals surface area contributed by atoms with E-state index in [-0.39, 0.29) is 0 Å². The lowest BCUT2D eigenvalue weighted by atomic mass is 10.2. The second kappa shape index (κ2) is 4.95. The summed E-state index contributed by atoms with van der Waals surface area (Å²) in [5.74, 6) is -1.03. The molecule has 0 spiro atoms. The van der Waals surface area contributed by atoms with Crippen molar-refractivity contribution in [3.8, 4) is 5.75 Å². The summed E-state index contributed by atoms with van der Waals surface area (Å²) in [6.07, 6.45) is 2.45. The minimum Gasteiger partial charge on any atom is -0.478 e. The summed E-state index contributed by atoms with van der Waals surface area (Å²) < 4.78 is 4.84. The van der Waals surface area contributed by atoms with Crippen LogP contribution in [0.1, 0.15) is 12.5 Å². The number of hydrogen-bond acceptors (Lipinski definition) is 3. The Kier molecular flexibility index (Phi) is 3.62. The molecule has 1 aromatic rings. The minimum absolute atomic E-state index is 0.398. The predicted octanol–water partition coefficient (Wildman–Crippen LogP) is 1.71. The summed E-state index contributed by atoms with van der Waals surface area (Å²) in [5, 5.41) is 8.42. The van der Waals surface area contributed by atoms with E-state index in [4.69, 9.17) is 9.84 Å². The van der Waals surface area contributed by atoms with Gasteiger partial charge in [-0.05, 0) is 23.8 Å². The van der Waals surface area contributed by atoms with Crippen LogP contribution >= 0.6 is 0 Å². The third kappa shape index (κ3) is 4.08. The van der Waals surface area contributed by atoms with Gasteiger partial charge in [0.1, 0.15) is 5.75 Å². The molecule has 0 atom stereocenters. The average molecular weight is 206 g/mol. The lowest BCUT2D eigenvalue weighted by molar-refractivity contribution is -0.132. The molecular weight excluding hydrogens is 196 g/mol. The van der Waals surface area contributed by atoms with Crippen molar-refractivity contribution < 1.29 is 19.4 Å². The molecule has 0 amide bonds. The molecule has 0 aliphatic rings. The van der Waals surface area contributed by atoms with Gasteiger partial charge in [-0.1, -0.05) is 12.1 Å². The van der Waals surface area contributed by atoms with E-state index in [1.54, 1.807) is 24.3 Å². The highest BCUT2D eigenvalue weighted by Gasteiger charge is 1.97. The molecule has 0 radical (unpaired) electrons. The smallest absolute Gasteiger partial charge is 0.328 e. The van der Waals surface area contributed by atoms with Crippen LogP contribution in [0, 0.1) is 0 Å². The monoisotopic (exact) mass is 206 g/mol. The van der Waals surface area contributed by atoms with Crippen LogP contribution in [0.25, 0.3) is 6.08 Å². The largest absolute Gasteiger partial charge is 0.478 e. The van der Waals surface area contributed by atoms with Crippen molar-refractivity contribution in [1.82, 2.24) is 0 Å². The van der Waals surface area contributed by atoms with E-state index >= 15 is 0 Å². The van der Waals surface area contributed by atoms with Gasteiger partial charge in [-0.15, -0.1) is 0 Å². The Morgan fingerprint density at radius 1 is 1.40 bits per heavy atom. The average Bonchev–Trinajstić information content (AvgIpc) is 2.14. The molecule has 0 fully saturated rings. The molecule has 4 nitrogen and oxygen atoms in total. The van der Waals surface area contributed by atoms with Crippen LogP contribution in [0.15, 0.2) is 30.3 Å². The van der Waals surface area contributed by atoms with Crippen LogP contribution in [-0.4, -0.2) is 17.0 Å². The van der Waals surface area contributed by atoms with Crippen LogP contribution in [-0.2, 0) is 9.59 Å². The minimum atomic E-state index is -1.02. The molecule has 1 rings (SSSR count). The number of carbonyl (C=O) groups is 2. The summed E-state index contributed by atoms with van der Waals surface area (Å²) in [6.45, 7) is 1.31. The SMILES string of the molecule is CC(=O)Oc1cccc(/C=C\C(=O)O)c1.